The van der Waals surface area contributed by atoms with Gasteiger partial charge >= 0.3 is 6.09 Å². The average Bonchev–Trinajstić information content (AvgIpc) is 2.93. The van der Waals surface area contributed by atoms with Crippen molar-refractivity contribution in [3.63, 3.8) is 0 Å². The molecule has 0 radical (unpaired) electrons. The number of hydrogen-bond donors (Lipinski definition) is 0. The van der Waals surface area contributed by atoms with Crippen molar-refractivity contribution < 1.29 is 19.0 Å². The minimum atomic E-state index is -0.676. The lowest BCUT2D eigenvalue weighted by Gasteiger charge is -2.34. The SMILES string of the molecule is C=C[C@H]1O[C@H]1[C@@H]1COC(C)(C)N1C(=O)OC(C)(C)C. The van der Waals surface area contributed by atoms with Crippen LogP contribution >= 0.6 is 0 Å². The number of carbonyl (C=O) groups is 1. The highest BCUT2D eigenvalue weighted by Crippen LogP contribution is 2.38. The van der Waals surface area contributed by atoms with Crippen molar-refractivity contribution in [1.29, 1.82) is 0 Å². The van der Waals surface area contributed by atoms with E-state index in [1.807, 2.05) is 34.6 Å². The topological polar surface area (TPSA) is 51.3 Å². The molecule has 0 bridgehead atoms. The van der Waals surface area contributed by atoms with Crippen LogP contribution in [0.5, 0.6) is 0 Å². The standard InChI is InChI=1S/C14H23NO4/c1-7-10-11(18-10)9-8-17-14(5,6)15(9)12(16)19-13(2,3)4/h7,9-11H,1,8H2,2-6H3/t9-,10+,11-/m0/s1. The summed E-state index contributed by atoms with van der Waals surface area (Å²) in [6.07, 6.45) is 1.36. The Hall–Kier alpha value is -1.07. The molecule has 2 saturated heterocycles. The summed E-state index contributed by atoms with van der Waals surface area (Å²) in [5.74, 6) is 0. The van der Waals surface area contributed by atoms with Crippen molar-refractivity contribution in [3.05, 3.63) is 12.7 Å². The summed E-state index contributed by atoms with van der Waals surface area (Å²) >= 11 is 0. The first kappa shape index (κ1) is 14.3. The van der Waals surface area contributed by atoms with Gasteiger partial charge in [-0.1, -0.05) is 6.08 Å². The van der Waals surface area contributed by atoms with Crippen LogP contribution in [0.1, 0.15) is 34.6 Å². The molecule has 3 atom stereocenters. The Morgan fingerprint density at radius 1 is 1.47 bits per heavy atom. The molecule has 0 aromatic heterocycles. The van der Waals surface area contributed by atoms with Crippen LogP contribution in [-0.2, 0) is 14.2 Å². The predicted molar refractivity (Wildman–Crippen MR) is 70.8 cm³/mol. The van der Waals surface area contributed by atoms with Gasteiger partial charge in [0.2, 0.25) is 0 Å². The molecule has 0 N–H and O–H groups in total. The van der Waals surface area contributed by atoms with E-state index in [0.717, 1.165) is 0 Å². The van der Waals surface area contributed by atoms with E-state index in [4.69, 9.17) is 14.2 Å². The molecular formula is C14H23NO4. The number of nitrogens with zero attached hydrogens (tertiary/aromatic N) is 1. The summed E-state index contributed by atoms with van der Waals surface area (Å²) in [6.45, 7) is 13.4. The zero-order chi connectivity index (χ0) is 14.4. The monoisotopic (exact) mass is 269 g/mol. The maximum atomic E-state index is 12.4. The number of amides is 1. The van der Waals surface area contributed by atoms with E-state index in [9.17, 15) is 4.79 Å². The van der Waals surface area contributed by atoms with Gasteiger partial charge in [-0.15, -0.1) is 6.58 Å². The van der Waals surface area contributed by atoms with E-state index in [-0.39, 0.29) is 24.3 Å². The average molecular weight is 269 g/mol. The lowest BCUT2D eigenvalue weighted by molar-refractivity contribution is -0.0632. The van der Waals surface area contributed by atoms with Gasteiger partial charge in [0.25, 0.3) is 0 Å². The summed E-state index contributed by atoms with van der Waals surface area (Å²) in [5, 5.41) is 0. The Morgan fingerprint density at radius 2 is 2.11 bits per heavy atom. The Morgan fingerprint density at radius 3 is 2.58 bits per heavy atom. The summed E-state index contributed by atoms with van der Waals surface area (Å²) in [4.78, 5) is 14.0. The van der Waals surface area contributed by atoms with Gasteiger partial charge in [-0.25, -0.2) is 4.79 Å². The summed E-state index contributed by atoms with van der Waals surface area (Å²) in [5.41, 5.74) is -1.20. The third-order valence-corrected chi connectivity index (χ3v) is 3.28. The van der Waals surface area contributed by atoms with Crippen LogP contribution in [0.2, 0.25) is 0 Å². The van der Waals surface area contributed by atoms with Crippen LogP contribution in [0, 0.1) is 0 Å². The van der Waals surface area contributed by atoms with E-state index < -0.39 is 11.3 Å². The third-order valence-electron chi connectivity index (χ3n) is 3.28. The third kappa shape index (κ3) is 2.92. The van der Waals surface area contributed by atoms with Crippen molar-refractivity contribution in [2.75, 3.05) is 6.61 Å². The van der Waals surface area contributed by atoms with Crippen molar-refractivity contribution in [3.8, 4) is 0 Å². The zero-order valence-corrected chi connectivity index (χ0v) is 12.3. The lowest BCUT2D eigenvalue weighted by Crippen LogP contribution is -2.51. The molecule has 0 aromatic carbocycles. The predicted octanol–water partition coefficient (Wildman–Crippen LogP) is 2.31. The minimum absolute atomic E-state index is 0.00689. The summed E-state index contributed by atoms with van der Waals surface area (Å²) in [6, 6.07) is -0.118. The second-order valence-electron chi connectivity index (χ2n) is 6.48. The highest BCUT2D eigenvalue weighted by atomic mass is 16.6. The molecule has 5 heteroatoms. The highest BCUT2D eigenvalue weighted by Gasteiger charge is 2.55. The van der Waals surface area contributed by atoms with E-state index in [1.165, 1.54) is 0 Å². The molecule has 0 spiro atoms. The van der Waals surface area contributed by atoms with Gasteiger partial charge in [0, 0.05) is 0 Å². The van der Waals surface area contributed by atoms with Crippen LogP contribution in [0.25, 0.3) is 0 Å². The molecule has 2 heterocycles. The van der Waals surface area contributed by atoms with Crippen LogP contribution in [0.4, 0.5) is 4.79 Å². The molecule has 2 aliphatic heterocycles. The largest absolute Gasteiger partial charge is 0.444 e. The second kappa shape index (κ2) is 4.49. The molecule has 0 unspecified atom stereocenters. The lowest BCUT2D eigenvalue weighted by atomic mass is 10.1. The van der Waals surface area contributed by atoms with Crippen molar-refractivity contribution in [2.45, 2.75) is 64.2 Å². The minimum Gasteiger partial charge on any atom is -0.444 e. The molecule has 0 aromatic rings. The van der Waals surface area contributed by atoms with Crippen molar-refractivity contribution in [1.82, 2.24) is 4.90 Å². The number of ether oxygens (including phenoxy) is 3. The maximum Gasteiger partial charge on any atom is 0.412 e. The fourth-order valence-electron chi connectivity index (χ4n) is 2.38. The Balaban J connectivity index is 2.13. The van der Waals surface area contributed by atoms with Gasteiger partial charge in [0.05, 0.1) is 12.6 Å². The number of rotatable bonds is 2. The molecule has 5 nitrogen and oxygen atoms in total. The Bertz CT molecular complexity index is 385. The van der Waals surface area contributed by atoms with Crippen LogP contribution in [0.3, 0.4) is 0 Å². The maximum absolute atomic E-state index is 12.4. The summed E-state index contributed by atoms with van der Waals surface area (Å²) in [7, 11) is 0. The highest BCUT2D eigenvalue weighted by molar-refractivity contribution is 5.70. The first-order chi connectivity index (χ1) is 8.65. The number of epoxide rings is 1. The molecule has 2 aliphatic rings. The summed E-state index contributed by atoms with van der Waals surface area (Å²) < 4.78 is 16.7. The van der Waals surface area contributed by atoms with Gasteiger partial charge in [-0.3, -0.25) is 4.90 Å². The van der Waals surface area contributed by atoms with Crippen LogP contribution in [0.15, 0.2) is 12.7 Å². The Labute approximate surface area is 114 Å². The van der Waals surface area contributed by atoms with E-state index in [0.29, 0.717) is 6.61 Å². The zero-order valence-electron chi connectivity index (χ0n) is 12.3. The quantitative estimate of drug-likeness (QED) is 0.570. The normalized spacial score (nSPS) is 33.1. The number of carbonyl (C=O) groups excluding carboxylic acids is 1. The molecule has 0 saturated carbocycles. The number of hydrogen-bond acceptors (Lipinski definition) is 4. The molecule has 108 valence electrons. The van der Waals surface area contributed by atoms with E-state index in [1.54, 1.807) is 11.0 Å². The molecule has 0 aliphatic carbocycles. The molecule has 2 rings (SSSR count). The first-order valence-electron chi connectivity index (χ1n) is 6.60. The van der Waals surface area contributed by atoms with Crippen molar-refractivity contribution >= 4 is 6.09 Å². The fourth-order valence-corrected chi connectivity index (χ4v) is 2.38. The first-order valence-corrected chi connectivity index (χ1v) is 6.60. The molecule has 19 heavy (non-hydrogen) atoms. The van der Waals surface area contributed by atoms with Gasteiger partial charge in [0.15, 0.2) is 0 Å². The molecular weight excluding hydrogens is 246 g/mol. The van der Waals surface area contributed by atoms with Crippen LogP contribution in [-0.4, -0.2) is 47.2 Å². The van der Waals surface area contributed by atoms with E-state index in [2.05, 4.69) is 6.58 Å². The second-order valence-corrected chi connectivity index (χ2v) is 6.48. The molecule has 2 fully saturated rings. The Kier molecular flexibility index (Phi) is 3.39. The van der Waals surface area contributed by atoms with Gasteiger partial charge in [-0.05, 0) is 34.6 Å². The smallest absolute Gasteiger partial charge is 0.412 e. The fraction of sp³-hybridized carbons (Fsp3) is 0.786. The van der Waals surface area contributed by atoms with Crippen LogP contribution < -0.4 is 0 Å². The van der Waals surface area contributed by atoms with Gasteiger partial charge in [0.1, 0.15) is 23.5 Å². The van der Waals surface area contributed by atoms with Gasteiger partial charge in [-0.2, -0.15) is 0 Å². The van der Waals surface area contributed by atoms with Gasteiger partial charge < -0.3 is 14.2 Å². The van der Waals surface area contributed by atoms with E-state index >= 15 is 0 Å². The molecule has 1 amide bonds. The van der Waals surface area contributed by atoms with Crippen molar-refractivity contribution in [2.24, 2.45) is 0 Å².